The SMILES string of the molecule is [C]1=N[N]NC=C1. The molecule has 0 spiro atoms. The van der Waals surface area contributed by atoms with Crippen LogP contribution >= 0.6 is 0 Å². The number of allylic oxidation sites excluding steroid dienone is 1. The lowest BCUT2D eigenvalue weighted by atomic mass is 10.7. The Morgan fingerprint density at radius 1 is 1.67 bits per heavy atom. The van der Waals surface area contributed by atoms with Crippen molar-refractivity contribution in [3.8, 4) is 0 Å². The minimum absolute atomic E-state index is 1.65. The monoisotopic (exact) mass is 81.0 g/mol. The second-order valence-electron chi connectivity index (χ2n) is 0.792. The number of nitrogens with one attached hydrogen (secondary N) is 1. The van der Waals surface area contributed by atoms with Crippen molar-refractivity contribution in [3.05, 3.63) is 12.3 Å². The van der Waals surface area contributed by atoms with Gasteiger partial charge in [-0.3, -0.25) is 5.43 Å². The molecule has 1 N–H and O–H groups in total. The lowest BCUT2D eigenvalue weighted by Crippen LogP contribution is -2.14. The number of hydrogen-bond donors (Lipinski definition) is 1. The van der Waals surface area contributed by atoms with Crippen molar-refractivity contribution in [2.75, 3.05) is 0 Å². The maximum Gasteiger partial charge on any atom is 0.117 e. The van der Waals surface area contributed by atoms with Gasteiger partial charge in [0.25, 0.3) is 0 Å². The Labute approximate surface area is 35.7 Å². The van der Waals surface area contributed by atoms with Crippen molar-refractivity contribution >= 4 is 6.21 Å². The zero-order valence-corrected chi connectivity index (χ0v) is 3.05. The van der Waals surface area contributed by atoms with Crippen molar-refractivity contribution in [2.45, 2.75) is 0 Å². The summed E-state index contributed by atoms with van der Waals surface area (Å²) in [5, 5.41) is 3.35. The highest BCUT2D eigenvalue weighted by Crippen LogP contribution is 1.67. The van der Waals surface area contributed by atoms with Crippen molar-refractivity contribution < 1.29 is 0 Å². The molecule has 1 heterocycles. The van der Waals surface area contributed by atoms with Gasteiger partial charge in [0.15, 0.2) is 0 Å². The van der Waals surface area contributed by atoms with Crippen LogP contribution in [0.1, 0.15) is 0 Å². The first-order valence-corrected chi connectivity index (χ1v) is 1.56. The van der Waals surface area contributed by atoms with Crippen LogP contribution in [0.2, 0.25) is 0 Å². The molecule has 0 fully saturated rings. The van der Waals surface area contributed by atoms with E-state index in [1.165, 1.54) is 0 Å². The highest BCUT2D eigenvalue weighted by atomic mass is 15.5. The van der Waals surface area contributed by atoms with E-state index in [-0.39, 0.29) is 0 Å². The van der Waals surface area contributed by atoms with E-state index in [9.17, 15) is 0 Å². The number of nitrogens with zero attached hydrogens (tertiary/aromatic N) is 2. The Morgan fingerprint density at radius 3 is 2.83 bits per heavy atom. The van der Waals surface area contributed by atoms with Crippen molar-refractivity contribution in [1.29, 1.82) is 0 Å². The molecule has 0 unspecified atom stereocenters. The van der Waals surface area contributed by atoms with E-state index >= 15 is 0 Å². The third-order valence-corrected chi connectivity index (χ3v) is 0.398. The molecule has 0 aromatic rings. The van der Waals surface area contributed by atoms with Gasteiger partial charge in [0.2, 0.25) is 0 Å². The Morgan fingerprint density at radius 2 is 2.67 bits per heavy atom. The Bertz CT molecular complexity index is 72.0. The van der Waals surface area contributed by atoms with Gasteiger partial charge in [0, 0.05) is 6.20 Å². The predicted molar refractivity (Wildman–Crippen MR) is 21.8 cm³/mol. The Hall–Kier alpha value is -0.990. The molecule has 0 saturated heterocycles. The Balaban J connectivity index is 2.46. The highest BCUT2D eigenvalue weighted by Gasteiger charge is 1.76. The van der Waals surface area contributed by atoms with E-state index in [0.717, 1.165) is 0 Å². The molecule has 30 valence electrons. The first-order valence-electron chi connectivity index (χ1n) is 1.56. The Kier molecular flexibility index (Phi) is 0.774. The first kappa shape index (κ1) is 3.21. The third kappa shape index (κ3) is 0.484. The third-order valence-electron chi connectivity index (χ3n) is 0.398. The van der Waals surface area contributed by atoms with Crippen LogP contribution in [0.15, 0.2) is 17.4 Å². The zero-order valence-electron chi connectivity index (χ0n) is 3.05. The van der Waals surface area contributed by atoms with E-state index in [2.05, 4.69) is 22.3 Å². The molecule has 0 aromatic heterocycles. The molecule has 0 amide bonds. The summed E-state index contributed by atoms with van der Waals surface area (Å²) in [6, 6.07) is 0. The van der Waals surface area contributed by atoms with E-state index in [0.29, 0.717) is 0 Å². The number of rotatable bonds is 0. The van der Waals surface area contributed by atoms with Gasteiger partial charge in [0.05, 0.1) is 0 Å². The molecular formula is C3H3N3. The molecule has 0 aromatic carbocycles. The summed E-state index contributed by atoms with van der Waals surface area (Å²) in [6.07, 6.45) is 5.79. The first-order chi connectivity index (χ1) is 3.00. The fraction of sp³-hybridized carbons (Fsp3) is 0. The van der Waals surface area contributed by atoms with Gasteiger partial charge < -0.3 is 0 Å². The summed E-state index contributed by atoms with van der Waals surface area (Å²) >= 11 is 0. The van der Waals surface area contributed by atoms with Crippen LogP contribution in [0.5, 0.6) is 0 Å². The summed E-state index contributed by atoms with van der Waals surface area (Å²) in [7, 11) is 0. The molecule has 0 bridgehead atoms. The molecule has 3 nitrogen and oxygen atoms in total. The van der Waals surface area contributed by atoms with Crippen LogP contribution in [0.25, 0.3) is 0 Å². The lowest BCUT2D eigenvalue weighted by Gasteiger charge is -1.91. The van der Waals surface area contributed by atoms with Gasteiger partial charge in [0.1, 0.15) is 6.21 Å². The molecule has 1 aliphatic heterocycles. The molecule has 2 radical (unpaired) electrons. The van der Waals surface area contributed by atoms with Crippen LogP contribution in [-0.2, 0) is 0 Å². The topological polar surface area (TPSA) is 38.5 Å². The predicted octanol–water partition coefficient (Wildman–Crippen LogP) is -0.514. The summed E-state index contributed by atoms with van der Waals surface area (Å²) in [6.45, 7) is 0. The minimum Gasteiger partial charge on any atom is -0.267 e. The van der Waals surface area contributed by atoms with Gasteiger partial charge in [-0.2, -0.15) is 0 Å². The fourth-order valence-corrected chi connectivity index (χ4v) is 0.199. The van der Waals surface area contributed by atoms with E-state index in [4.69, 9.17) is 0 Å². The van der Waals surface area contributed by atoms with Gasteiger partial charge >= 0.3 is 0 Å². The summed E-state index contributed by atoms with van der Waals surface area (Å²) in [5.41, 5.74) is 5.85. The standard InChI is InChI=1S/C3H3N3/c1-2-4-6-5-3-1/h1-2,4H. The second kappa shape index (κ2) is 1.45. The van der Waals surface area contributed by atoms with Crippen molar-refractivity contribution in [3.63, 3.8) is 0 Å². The van der Waals surface area contributed by atoms with Gasteiger partial charge in [-0.15, -0.1) is 5.10 Å². The van der Waals surface area contributed by atoms with Crippen LogP contribution in [-0.4, -0.2) is 6.21 Å². The normalized spacial score (nSPS) is 16.0. The van der Waals surface area contributed by atoms with Gasteiger partial charge in [-0.25, -0.2) is 0 Å². The summed E-state index contributed by atoms with van der Waals surface area (Å²) < 4.78 is 0. The average Bonchev–Trinajstić information content (AvgIpc) is 1.72. The molecule has 1 rings (SSSR count). The zero-order chi connectivity index (χ0) is 4.24. The van der Waals surface area contributed by atoms with Crippen LogP contribution in [0.3, 0.4) is 0 Å². The molecule has 0 atom stereocenters. The molecule has 1 aliphatic rings. The minimum atomic E-state index is 1.65. The lowest BCUT2D eigenvalue weighted by molar-refractivity contribution is 0.647. The largest absolute Gasteiger partial charge is 0.267 e. The highest BCUT2D eigenvalue weighted by molar-refractivity contribution is 5.70. The molecule has 3 heteroatoms. The van der Waals surface area contributed by atoms with E-state index in [1.807, 2.05) is 0 Å². The second-order valence-corrected chi connectivity index (χ2v) is 0.792. The van der Waals surface area contributed by atoms with Crippen LogP contribution < -0.4 is 11.0 Å². The summed E-state index contributed by atoms with van der Waals surface area (Å²) in [4.78, 5) is 0. The van der Waals surface area contributed by atoms with Gasteiger partial charge in [-0.05, 0) is 6.08 Å². The maximum absolute atomic E-state index is 3.35. The van der Waals surface area contributed by atoms with Gasteiger partial charge in [-0.1, -0.05) is 5.53 Å². The molecular weight excluding hydrogens is 78.1 g/mol. The summed E-state index contributed by atoms with van der Waals surface area (Å²) in [5.74, 6) is 0. The molecule has 0 saturated carbocycles. The van der Waals surface area contributed by atoms with E-state index < -0.39 is 0 Å². The molecule has 0 aliphatic carbocycles. The molecule has 6 heavy (non-hydrogen) atoms. The number of hydrogen-bond acceptors (Lipinski definition) is 2. The van der Waals surface area contributed by atoms with Crippen LogP contribution in [0, 0.1) is 0 Å². The fourth-order valence-electron chi connectivity index (χ4n) is 0.199. The van der Waals surface area contributed by atoms with E-state index in [1.54, 1.807) is 12.3 Å². The average molecular weight is 81.1 g/mol. The van der Waals surface area contributed by atoms with Crippen LogP contribution in [0.4, 0.5) is 0 Å². The maximum atomic E-state index is 3.35. The van der Waals surface area contributed by atoms with Crippen molar-refractivity contribution in [2.24, 2.45) is 5.10 Å². The smallest absolute Gasteiger partial charge is 0.117 e. The van der Waals surface area contributed by atoms with Crippen molar-refractivity contribution in [1.82, 2.24) is 11.0 Å². The quantitative estimate of drug-likeness (QED) is 0.419.